The van der Waals surface area contributed by atoms with E-state index in [1.165, 1.54) is 0 Å². The van der Waals surface area contributed by atoms with Crippen LogP contribution in [0.3, 0.4) is 0 Å². The number of hydrogen-bond donors (Lipinski definition) is 2. The minimum Gasteiger partial charge on any atom is -0.329 e. The van der Waals surface area contributed by atoms with Crippen LogP contribution in [0.2, 0.25) is 0 Å². The highest BCUT2D eigenvalue weighted by Gasteiger charge is 1.54. The number of hydrogen-bond acceptors (Lipinski definition) is 2. The maximum Gasteiger partial charge on any atom is 0.00461 e. The predicted octanol–water partition coefficient (Wildman–Crippen LogP) is 0.898. The van der Waals surface area contributed by atoms with Gasteiger partial charge in [0.1, 0.15) is 0 Å². The van der Waals surface area contributed by atoms with Crippen LogP contribution in [0.15, 0.2) is 25.8 Å². The molecular formula is C7H18N2. The molecule has 0 rings (SSSR count). The molecule has 56 valence electrons. The fraction of sp³-hybridized carbons (Fsp3) is 0.429. The molecule has 0 fully saturated rings. The lowest BCUT2D eigenvalue weighted by atomic mass is 10.7. The summed E-state index contributed by atoms with van der Waals surface area (Å²) in [5, 5.41) is 0. The topological polar surface area (TPSA) is 52.0 Å². The molecule has 0 amide bonds. The van der Waals surface area contributed by atoms with E-state index in [-0.39, 0.29) is 0 Å². The molecule has 0 aromatic carbocycles. The first kappa shape index (κ1) is 15.8. The second-order valence-corrected chi connectivity index (χ2v) is 0.986. The standard InChI is InChI=1S/C3H6.C2H8N2.C2H4/c1-3-2;3-1-2-4;1-2/h3H,1H2,2H3;1-4H2;1-2H2. The highest BCUT2D eigenvalue weighted by molar-refractivity contribution is 4.51. The predicted molar refractivity (Wildman–Crippen MR) is 45.2 cm³/mol. The Hall–Kier alpha value is -0.600. The van der Waals surface area contributed by atoms with E-state index in [9.17, 15) is 0 Å². The molecule has 2 heteroatoms. The van der Waals surface area contributed by atoms with Crippen molar-refractivity contribution in [3.05, 3.63) is 25.8 Å². The molecule has 2 nitrogen and oxygen atoms in total. The van der Waals surface area contributed by atoms with Crippen molar-refractivity contribution in [2.75, 3.05) is 13.1 Å². The maximum absolute atomic E-state index is 4.90. The van der Waals surface area contributed by atoms with Gasteiger partial charge in [0.05, 0.1) is 0 Å². The molecule has 0 saturated heterocycles. The molecule has 0 saturated carbocycles. The van der Waals surface area contributed by atoms with Crippen LogP contribution in [0.4, 0.5) is 0 Å². The van der Waals surface area contributed by atoms with E-state index in [2.05, 4.69) is 19.7 Å². The maximum atomic E-state index is 4.90. The summed E-state index contributed by atoms with van der Waals surface area (Å²) in [4.78, 5) is 0. The van der Waals surface area contributed by atoms with Crippen molar-refractivity contribution in [1.29, 1.82) is 0 Å². The van der Waals surface area contributed by atoms with E-state index in [0.717, 1.165) is 0 Å². The average Bonchev–Trinajstić information content (AvgIpc) is 1.94. The van der Waals surface area contributed by atoms with Crippen LogP contribution < -0.4 is 11.5 Å². The van der Waals surface area contributed by atoms with E-state index in [1.54, 1.807) is 6.08 Å². The molecule has 4 N–H and O–H groups in total. The number of allylic oxidation sites excluding steroid dienone is 1. The molecule has 0 aromatic rings. The Morgan fingerprint density at radius 1 is 1.22 bits per heavy atom. The molecule has 0 aromatic heterocycles. The van der Waals surface area contributed by atoms with Crippen molar-refractivity contribution in [2.24, 2.45) is 11.5 Å². The monoisotopic (exact) mass is 130 g/mol. The molecule has 0 spiro atoms. The van der Waals surface area contributed by atoms with E-state index in [4.69, 9.17) is 11.5 Å². The number of nitrogens with two attached hydrogens (primary N) is 2. The van der Waals surface area contributed by atoms with Crippen molar-refractivity contribution in [2.45, 2.75) is 6.92 Å². The molecule has 0 bridgehead atoms. The number of rotatable bonds is 1. The van der Waals surface area contributed by atoms with E-state index < -0.39 is 0 Å². The summed E-state index contributed by atoms with van der Waals surface area (Å²) in [5.41, 5.74) is 9.81. The van der Waals surface area contributed by atoms with Crippen molar-refractivity contribution >= 4 is 0 Å². The van der Waals surface area contributed by atoms with Crippen LogP contribution in [0.25, 0.3) is 0 Å². The Labute approximate surface area is 58.2 Å². The Bertz CT molecular complexity index is 33.9. The second kappa shape index (κ2) is 52.6. The third-order valence-corrected chi connectivity index (χ3v) is 0.167. The van der Waals surface area contributed by atoms with Gasteiger partial charge in [-0.1, -0.05) is 6.08 Å². The smallest absolute Gasteiger partial charge is 0.00461 e. The highest BCUT2D eigenvalue weighted by Crippen LogP contribution is 1.38. The van der Waals surface area contributed by atoms with Crippen LogP contribution in [-0.2, 0) is 0 Å². The van der Waals surface area contributed by atoms with Gasteiger partial charge in [-0.25, -0.2) is 0 Å². The molecule has 9 heavy (non-hydrogen) atoms. The van der Waals surface area contributed by atoms with E-state index in [0.29, 0.717) is 13.1 Å². The normalized spacial score (nSPS) is 5.22. The lowest BCUT2D eigenvalue weighted by Crippen LogP contribution is -2.11. The zero-order valence-electron chi connectivity index (χ0n) is 6.27. The third-order valence-electron chi connectivity index (χ3n) is 0.167. The second-order valence-electron chi connectivity index (χ2n) is 0.986. The lowest BCUT2D eigenvalue weighted by molar-refractivity contribution is 0.976. The third kappa shape index (κ3) is 1350. The zero-order chi connectivity index (χ0) is 8.12. The van der Waals surface area contributed by atoms with E-state index >= 15 is 0 Å². The Balaban J connectivity index is -0.0000000646. The van der Waals surface area contributed by atoms with Gasteiger partial charge in [-0.2, -0.15) is 0 Å². The fourth-order valence-electron chi connectivity index (χ4n) is 0. The Kier molecular flexibility index (Phi) is 92.2. The van der Waals surface area contributed by atoms with Gasteiger partial charge in [0.25, 0.3) is 0 Å². The largest absolute Gasteiger partial charge is 0.329 e. The summed E-state index contributed by atoms with van der Waals surface area (Å²) in [5.74, 6) is 0. The minimum atomic E-state index is 0.597. The van der Waals surface area contributed by atoms with Crippen LogP contribution in [0, 0.1) is 0 Å². The van der Waals surface area contributed by atoms with Gasteiger partial charge in [0, 0.05) is 13.1 Å². The van der Waals surface area contributed by atoms with Gasteiger partial charge in [0.15, 0.2) is 0 Å². The molecule has 0 atom stereocenters. The van der Waals surface area contributed by atoms with Crippen LogP contribution >= 0.6 is 0 Å². The molecule has 0 aliphatic heterocycles. The minimum absolute atomic E-state index is 0.597. The summed E-state index contributed by atoms with van der Waals surface area (Å²) in [6, 6.07) is 0. The van der Waals surface area contributed by atoms with E-state index in [1.807, 2.05) is 6.92 Å². The van der Waals surface area contributed by atoms with Crippen molar-refractivity contribution in [3.8, 4) is 0 Å². The fourth-order valence-corrected chi connectivity index (χ4v) is 0. The molecule has 0 heterocycles. The summed E-state index contributed by atoms with van der Waals surface area (Å²) in [7, 11) is 0. The summed E-state index contributed by atoms with van der Waals surface area (Å²) in [6.07, 6.45) is 1.75. The van der Waals surface area contributed by atoms with Gasteiger partial charge in [-0.05, 0) is 6.92 Å². The zero-order valence-corrected chi connectivity index (χ0v) is 6.27. The SMILES string of the molecule is C=C.C=CC.NCCN. The van der Waals surface area contributed by atoms with Gasteiger partial charge in [0.2, 0.25) is 0 Å². The van der Waals surface area contributed by atoms with Crippen LogP contribution in [0.1, 0.15) is 6.92 Å². The average molecular weight is 130 g/mol. The van der Waals surface area contributed by atoms with Gasteiger partial charge < -0.3 is 11.5 Å². The van der Waals surface area contributed by atoms with Gasteiger partial charge in [-0.15, -0.1) is 19.7 Å². The first-order valence-corrected chi connectivity index (χ1v) is 2.80. The quantitative estimate of drug-likeness (QED) is 0.518. The van der Waals surface area contributed by atoms with Crippen molar-refractivity contribution in [1.82, 2.24) is 0 Å². The van der Waals surface area contributed by atoms with Gasteiger partial charge in [-0.3, -0.25) is 0 Å². The molecule has 0 unspecified atom stereocenters. The summed E-state index contributed by atoms with van der Waals surface area (Å²) in [6.45, 7) is 12.4. The summed E-state index contributed by atoms with van der Waals surface area (Å²) >= 11 is 0. The molecular weight excluding hydrogens is 112 g/mol. The molecule has 0 aliphatic carbocycles. The van der Waals surface area contributed by atoms with Crippen LogP contribution in [-0.4, -0.2) is 13.1 Å². The molecule has 0 radical (unpaired) electrons. The summed E-state index contributed by atoms with van der Waals surface area (Å²) < 4.78 is 0. The van der Waals surface area contributed by atoms with Crippen molar-refractivity contribution in [3.63, 3.8) is 0 Å². The highest BCUT2D eigenvalue weighted by atomic mass is 14.6. The first-order chi connectivity index (χ1) is 4.33. The van der Waals surface area contributed by atoms with Gasteiger partial charge >= 0.3 is 0 Å². The first-order valence-electron chi connectivity index (χ1n) is 2.80. The molecule has 0 aliphatic rings. The Morgan fingerprint density at radius 3 is 1.33 bits per heavy atom. The lowest BCUT2D eigenvalue weighted by Gasteiger charge is -1.72. The van der Waals surface area contributed by atoms with Crippen molar-refractivity contribution < 1.29 is 0 Å². The van der Waals surface area contributed by atoms with Crippen LogP contribution in [0.5, 0.6) is 0 Å². The Morgan fingerprint density at radius 2 is 1.33 bits per heavy atom.